The minimum Gasteiger partial charge on any atom is -0.455 e. The minimum atomic E-state index is -0.679. The molecule has 1 fully saturated rings. The van der Waals surface area contributed by atoms with Crippen molar-refractivity contribution in [2.75, 3.05) is 19.8 Å². The first-order valence-corrected chi connectivity index (χ1v) is 3.85. The molecule has 0 spiro atoms. The van der Waals surface area contributed by atoms with Gasteiger partial charge >= 0.3 is 5.97 Å². The fourth-order valence-electron chi connectivity index (χ4n) is 0.872. The van der Waals surface area contributed by atoms with Crippen molar-refractivity contribution in [2.45, 2.75) is 12.7 Å². The van der Waals surface area contributed by atoms with Crippen LogP contribution in [0.4, 0.5) is 0 Å². The summed E-state index contributed by atoms with van der Waals surface area (Å²) in [5, 5.41) is 0. The van der Waals surface area contributed by atoms with Crippen LogP contribution in [0.2, 0.25) is 0 Å². The molecule has 0 saturated carbocycles. The maximum atomic E-state index is 10.9. The van der Waals surface area contributed by atoms with E-state index in [1.54, 1.807) is 0 Å². The molecule has 1 heterocycles. The lowest BCUT2D eigenvalue weighted by atomic mass is 10.4. The first-order valence-electron chi connectivity index (χ1n) is 3.85. The SMILES string of the molecule is NC(=O)COC(=O)CC1OCCO1. The predicted molar refractivity (Wildman–Crippen MR) is 40.5 cm³/mol. The van der Waals surface area contributed by atoms with Crippen LogP contribution >= 0.6 is 0 Å². The van der Waals surface area contributed by atoms with E-state index in [1.165, 1.54) is 0 Å². The highest BCUT2D eigenvalue weighted by Gasteiger charge is 2.20. The van der Waals surface area contributed by atoms with Gasteiger partial charge in [-0.05, 0) is 0 Å². The Morgan fingerprint density at radius 3 is 2.54 bits per heavy atom. The van der Waals surface area contributed by atoms with E-state index in [1.807, 2.05) is 0 Å². The molecule has 0 radical (unpaired) electrons. The number of nitrogens with two attached hydrogens (primary N) is 1. The van der Waals surface area contributed by atoms with E-state index < -0.39 is 24.8 Å². The number of carbonyl (C=O) groups is 2. The standard InChI is InChI=1S/C7H11NO5/c8-5(9)4-13-6(10)3-7-11-1-2-12-7/h7H,1-4H2,(H2,8,9). The molecule has 0 bridgehead atoms. The summed E-state index contributed by atoms with van der Waals surface area (Å²) in [4.78, 5) is 21.1. The van der Waals surface area contributed by atoms with Crippen LogP contribution in [-0.2, 0) is 23.8 Å². The molecular formula is C7H11NO5. The van der Waals surface area contributed by atoms with Gasteiger partial charge in [-0.3, -0.25) is 9.59 Å². The van der Waals surface area contributed by atoms with Crippen molar-refractivity contribution in [3.05, 3.63) is 0 Å². The van der Waals surface area contributed by atoms with E-state index in [0.29, 0.717) is 13.2 Å². The summed E-state index contributed by atoms with van der Waals surface area (Å²) in [7, 11) is 0. The second-order valence-electron chi connectivity index (χ2n) is 2.50. The van der Waals surface area contributed by atoms with Gasteiger partial charge in [0.05, 0.1) is 19.6 Å². The number of ether oxygens (including phenoxy) is 3. The Morgan fingerprint density at radius 1 is 1.38 bits per heavy atom. The van der Waals surface area contributed by atoms with Crippen LogP contribution in [-0.4, -0.2) is 38.0 Å². The number of carbonyl (C=O) groups excluding carboxylic acids is 2. The number of primary amides is 1. The van der Waals surface area contributed by atoms with Crippen LogP contribution in [0.1, 0.15) is 6.42 Å². The molecular weight excluding hydrogens is 178 g/mol. The molecule has 0 aromatic heterocycles. The molecule has 0 aromatic carbocycles. The fourth-order valence-corrected chi connectivity index (χ4v) is 0.872. The zero-order chi connectivity index (χ0) is 9.68. The van der Waals surface area contributed by atoms with Crippen molar-refractivity contribution >= 4 is 11.9 Å². The van der Waals surface area contributed by atoms with Crippen LogP contribution < -0.4 is 5.73 Å². The molecule has 74 valence electrons. The third-order valence-electron chi connectivity index (χ3n) is 1.40. The number of hydrogen-bond donors (Lipinski definition) is 1. The van der Waals surface area contributed by atoms with Gasteiger partial charge in [0.2, 0.25) is 0 Å². The maximum absolute atomic E-state index is 10.9. The predicted octanol–water partition coefficient (Wildman–Crippen LogP) is -1.22. The Bertz CT molecular complexity index is 199. The Kier molecular flexibility index (Phi) is 3.66. The van der Waals surface area contributed by atoms with Gasteiger partial charge in [0, 0.05) is 0 Å². The van der Waals surface area contributed by atoms with Crippen molar-refractivity contribution < 1.29 is 23.8 Å². The Labute approximate surface area is 74.9 Å². The van der Waals surface area contributed by atoms with Gasteiger partial charge < -0.3 is 19.9 Å². The summed E-state index contributed by atoms with van der Waals surface area (Å²) in [5.74, 6) is -1.23. The first kappa shape index (κ1) is 9.94. The summed E-state index contributed by atoms with van der Waals surface area (Å²) in [5.41, 5.74) is 4.77. The van der Waals surface area contributed by atoms with E-state index in [9.17, 15) is 9.59 Å². The Balaban J connectivity index is 2.13. The van der Waals surface area contributed by atoms with Crippen molar-refractivity contribution in [3.63, 3.8) is 0 Å². The molecule has 2 N–H and O–H groups in total. The third-order valence-corrected chi connectivity index (χ3v) is 1.40. The van der Waals surface area contributed by atoms with E-state index >= 15 is 0 Å². The summed E-state index contributed by atoms with van der Waals surface area (Å²) in [6, 6.07) is 0. The molecule has 1 amide bonds. The zero-order valence-corrected chi connectivity index (χ0v) is 7.02. The van der Waals surface area contributed by atoms with Gasteiger partial charge in [-0.1, -0.05) is 0 Å². The normalized spacial score (nSPS) is 17.2. The van der Waals surface area contributed by atoms with Crippen molar-refractivity contribution in [1.29, 1.82) is 0 Å². The van der Waals surface area contributed by atoms with Gasteiger partial charge in [-0.25, -0.2) is 0 Å². The third kappa shape index (κ3) is 3.86. The fraction of sp³-hybridized carbons (Fsp3) is 0.714. The van der Waals surface area contributed by atoms with Gasteiger partial charge in [-0.15, -0.1) is 0 Å². The minimum absolute atomic E-state index is 0.00667. The highest BCUT2D eigenvalue weighted by Crippen LogP contribution is 2.08. The van der Waals surface area contributed by atoms with Gasteiger partial charge in [0.25, 0.3) is 5.91 Å². The van der Waals surface area contributed by atoms with E-state index in [2.05, 4.69) is 4.74 Å². The summed E-state index contributed by atoms with van der Waals surface area (Å²) in [6.45, 7) is 0.563. The summed E-state index contributed by atoms with van der Waals surface area (Å²) in [6.07, 6.45) is -0.548. The van der Waals surface area contributed by atoms with E-state index in [4.69, 9.17) is 15.2 Å². The van der Waals surface area contributed by atoms with E-state index in [0.717, 1.165) is 0 Å². The van der Waals surface area contributed by atoms with Crippen LogP contribution in [0.5, 0.6) is 0 Å². The molecule has 1 saturated heterocycles. The monoisotopic (exact) mass is 189 g/mol. The number of esters is 1. The lowest BCUT2D eigenvalue weighted by Gasteiger charge is -2.07. The molecule has 1 aliphatic heterocycles. The maximum Gasteiger partial charge on any atom is 0.311 e. The molecule has 6 heteroatoms. The Hall–Kier alpha value is -1.14. The molecule has 1 aliphatic rings. The molecule has 0 aliphatic carbocycles. The molecule has 0 unspecified atom stereocenters. The van der Waals surface area contributed by atoms with Crippen LogP contribution in [0.25, 0.3) is 0 Å². The largest absolute Gasteiger partial charge is 0.455 e. The lowest BCUT2D eigenvalue weighted by Crippen LogP contribution is -2.23. The molecule has 0 aromatic rings. The highest BCUT2D eigenvalue weighted by molar-refractivity contribution is 5.79. The Morgan fingerprint density at radius 2 is 2.00 bits per heavy atom. The summed E-state index contributed by atoms with van der Waals surface area (Å²) < 4.78 is 14.5. The smallest absolute Gasteiger partial charge is 0.311 e. The lowest BCUT2D eigenvalue weighted by molar-refractivity contribution is -0.155. The molecule has 6 nitrogen and oxygen atoms in total. The number of hydrogen-bond acceptors (Lipinski definition) is 5. The average molecular weight is 189 g/mol. The average Bonchev–Trinajstić information content (AvgIpc) is 2.53. The summed E-state index contributed by atoms with van der Waals surface area (Å²) >= 11 is 0. The van der Waals surface area contributed by atoms with E-state index in [-0.39, 0.29) is 6.42 Å². The van der Waals surface area contributed by atoms with Crippen LogP contribution in [0, 0.1) is 0 Å². The topological polar surface area (TPSA) is 87.9 Å². The van der Waals surface area contributed by atoms with Crippen LogP contribution in [0.15, 0.2) is 0 Å². The highest BCUT2D eigenvalue weighted by atomic mass is 16.7. The molecule has 1 rings (SSSR count). The van der Waals surface area contributed by atoms with Crippen molar-refractivity contribution in [3.8, 4) is 0 Å². The van der Waals surface area contributed by atoms with Gasteiger partial charge in [0.1, 0.15) is 0 Å². The van der Waals surface area contributed by atoms with Crippen LogP contribution in [0.3, 0.4) is 0 Å². The molecule has 0 atom stereocenters. The zero-order valence-electron chi connectivity index (χ0n) is 7.02. The number of amides is 1. The molecule has 13 heavy (non-hydrogen) atoms. The second kappa shape index (κ2) is 4.78. The van der Waals surface area contributed by atoms with Crippen molar-refractivity contribution in [1.82, 2.24) is 0 Å². The van der Waals surface area contributed by atoms with Gasteiger partial charge in [0.15, 0.2) is 12.9 Å². The second-order valence-corrected chi connectivity index (χ2v) is 2.50. The van der Waals surface area contributed by atoms with Crippen molar-refractivity contribution in [2.24, 2.45) is 5.73 Å². The number of rotatable bonds is 4. The van der Waals surface area contributed by atoms with Gasteiger partial charge in [-0.2, -0.15) is 0 Å². The quantitative estimate of drug-likeness (QED) is 0.560. The first-order chi connectivity index (χ1) is 6.18.